The SMILES string of the molecule is CCN(C(=O)C(CC(N)=O)NC(=O)OC(C)(C)C)C(C(=O)Nc1c(C)cccc1Cl)c1ccc(C)cc1. The van der Waals surface area contributed by atoms with E-state index in [1.807, 2.05) is 19.1 Å². The van der Waals surface area contributed by atoms with Crippen molar-refractivity contribution in [1.29, 1.82) is 0 Å². The Morgan fingerprint density at radius 3 is 2.19 bits per heavy atom. The lowest BCUT2D eigenvalue weighted by atomic mass is 10.0. The molecule has 2 aromatic rings. The van der Waals surface area contributed by atoms with Crippen molar-refractivity contribution in [2.75, 3.05) is 11.9 Å². The number of para-hydroxylation sites is 1. The van der Waals surface area contributed by atoms with Crippen LogP contribution in [0.1, 0.15) is 56.8 Å². The summed E-state index contributed by atoms with van der Waals surface area (Å²) < 4.78 is 5.26. The first kappa shape index (κ1) is 29.6. The highest BCUT2D eigenvalue weighted by Gasteiger charge is 2.36. The van der Waals surface area contributed by atoms with Gasteiger partial charge in [-0.25, -0.2) is 4.79 Å². The topological polar surface area (TPSA) is 131 Å². The lowest BCUT2D eigenvalue weighted by molar-refractivity contribution is -0.141. The van der Waals surface area contributed by atoms with Gasteiger partial charge in [0, 0.05) is 6.54 Å². The van der Waals surface area contributed by atoms with Crippen LogP contribution in [0.4, 0.5) is 10.5 Å². The van der Waals surface area contributed by atoms with Crippen molar-refractivity contribution in [2.45, 2.75) is 65.6 Å². The zero-order valence-electron chi connectivity index (χ0n) is 22.1. The normalized spacial score (nSPS) is 12.7. The number of hydrogen-bond donors (Lipinski definition) is 3. The molecule has 9 nitrogen and oxygen atoms in total. The number of anilines is 1. The second-order valence-electron chi connectivity index (χ2n) is 9.73. The molecule has 2 aromatic carbocycles. The molecule has 2 atom stereocenters. The van der Waals surface area contributed by atoms with Crippen molar-refractivity contribution in [2.24, 2.45) is 5.73 Å². The fourth-order valence-electron chi connectivity index (χ4n) is 3.72. The molecule has 2 unspecified atom stereocenters. The van der Waals surface area contributed by atoms with Crippen LogP contribution in [0.15, 0.2) is 42.5 Å². The Morgan fingerprint density at radius 2 is 1.68 bits per heavy atom. The molecule has 4 amide bonds. The number of primary amides is 1. The number of carbonyl (C=O) groups excluding carboxylic acids is 4. The van der Waals surface area contributed by atoms with E-state index in [-0.39, 0.29) is 6.54 Å². The highest BCUT2D eigenvalue weighted by molar-refractivity contribution is 6.34. The van der Waals surface area contributed by atoms with Crippen LogP contribution in [-0.4, -0.2) is 46.9 Å². The van der Waals surface area contributed by atoms with Gasteiger partial charge in [0.05, 0.1) is 17.1 Å². The molecular formula is C27H35ClN4O5. The molecule has 0 radical (unpaired) electrons. The summed E-state index contributed by atoms with van der Waals surface area (Å²) in [6.45, 7) is 10.5. The minimum absolute atomic E-state index is 0.0948. The van der Waals surface area contributed by atoms with Crippen LogP contribution in [-0.2, 0) is 19.1 Å². The van der Waals surface area contributed by atoms with Crippen LogP contribution >= 0.6 is 11.6 Å². The van der Waals surface area contributed by atoms with Crippen molar-refractivity contribution >= 4 is 41.1 Å². The summed E-state index contributed by atoms with van der Waals surface area (Å²) in [6.07, 6.45) is -1.35. The maximum Gasteiger partial charge on any atom is 0.408 e. The van der Waals surface area contributed by atoms with E-state index in [0.29, 0.717) is 16.3 Å². The third-order valence-corrected chi connectivity index (χ3v) is 5.76. The average Bonchev–Trinajstić information content (AvgIpc) is 2.78. The van der Waals surface area contributed by atoms with Gasteiger partial charge in [0.15, 0.2) is 0 Å². The van der Waals surface area contributed by atoms with Crippen LogP contribution in [0.2, 0.25) is 5.02 Å². The summed E-state index contributed by atoms with van der Waals surface area (Å²) in [5.41, 5.74) is 7.23. The van der Waals surface area contributed by atoms with Gasteiger partial charge in [-0.1, -0.05) is 53.6 Å². The number of benzene rings is 2. The summed E-state index contributed by atoms with van der Waals surface area (Å²) in [5, 5.41) is 5.63. The number of nitrogens with one attached hydrogen (secondary N) is 2. The highest BCUT2D eigenvalue weighted by atomic mass is 35.5. The quantitative estimate of drug-likeness (QED) is 0.446. The summed E-state index contributed by atoms with van der Waals surface area (Å²) in [4.78, 5) is 52.9. The standard InChI is InChI=1S/C27H35ClN4O5/c1-7-32(25(35)20(15-21(29)33)30-26(36)37-27(4,5)6)23(18-13-11-16(2)12-14-18)24(34)31-22-17(3)9-8-10-19(22)28/h8-14,20,23H,7,15H2,1-6H3,(H2,29,33)(H,30,36)(H,31,34). The van der Waals surface area contributed by atoms with Gasteiger partial charge >= 0.3 is 6.09 Å². The molecule has 0 aliphatic rings. The molecule has 0 aromatic heterocycles. The van der Waals surface area contributed by atoms with Gasteiger partial charge in [0.2, 0.25) is 11.8 Å². The smallest absolute Gasteiger partial charge is 0.408 e. The minimum Gasteiger partial charge on any atom is -0.444 e. The molecule has 0 saturated carbocycles. The highest BCUT2D eigenvalue weighted by Crippen LogP contribution is 2.29. The summed E-state index contributed by atoms with van der Waals surface area (Å²) in [5.74, 6) is -1.97. The molecule has 0 fully saturated rings. The van der Waals surface area contributed by atoms with Crippen molar-refractivity contribution in [1.82, 2.24) is 10.2 Å². The second kappa shape index (κ2) is 12.6. The first-order valence-electron chi connectivity index (χ1n) is 11.9. The summed E-state index contributed by atoms with van der Waals surface area (Å²) in [7, 11) is 0. The van der Waals surface area contributed by atoms with Crippen LogP contribution in [0.5, 0.6) is 0 Å². The van der Waals surface area contributed by atoms with Gasteiger partial charge in [-0.3, -0.25) is 14.4 Å². The fraction of sp³-hybridized carbons (Fsp3) is 0.407. The minimum atomic E-state index is -1.34. The number of ether oxygens (including phenoxy) is 1. The number of halogens is 1. The van der Waals surface area contributed by atoms with Crippen LogP contribution in [0, 0.1) is 13.8 Å². The number of hydrogen-bond acceptors (Lipinski definition) is 5. The molecule has 0 spiro atoms. The maximum absolute atomic E-state index is 13.7. The number of likely N-dealkylation sites (N-methyl/N-ethyl adjacent to an activating group) is 1. The van der Waals surface area contributed by atoms with Gasteiger partial charge < -0.3 is 26.0 Å². The number of nitrogens with zero attached hydrogens (tertiary/aromatic N) is 1. The Kier molecular flexibility index (Phi) is 10.1. The maximum atomic E-state index is 13.7. The molecule has 0 heterocycles. The van der Waals surface area contributed by atoms with Crippen molar-refractivity contribution < 1.29 is 23.9 Å². The largest absolute Gasteiger partial charge is 0.444 e. The van der Waals surface area contributed by atoms with Crippen molar-refractivity contribution in [3.63, 3.8) is 0 Å². The number of rotatable bonds is 9. The van der Waals surface area contributed by atoms with E-state index in [1.54, 1.807) is 65.0 Å². The molecule has 4 N–H and O–H groups in total. The molecule has 2 rings (SSSR count). The second-order valence-corrected chi connectivity index (χ2v) is 10.1. The number of amides is 4. The zero-order valence-corrected chi connectivity index (χ0v) is 22.8. The van der Waals surface area contributed by atoms with Gasteiger partial charge in [-0.15, -0.1) is 0 Å². The monoisotopic (exact) mass is 530 g/mol. The predicted molar refractivity (Wildman–Crippen MR) is 143 cm³/mol. The molecule has 0 aliphatic heterocycles. The van der Waals surface area contributed by atoms with E-state index < -0.39 is 47.9 Å². The van der Waals surface area contributed by atoms with Crippen molar-refractivity contribution in [3.05, 3.63) is 64.2 Å². The molecule has 200 valence electrons. The van der Waals surface area contributed by atoms with Gasteiger partial charge in [-0.05, 0) is 58.7 Å². The van der Waals surface area contributed by atoms with Gasteiger partial charge in [0.25, 0.3) is 5.91 Å². The lowest BCUT2D eigenvalue weighted by Gasteiger charge is -2.33. The Bertz CT molecular complexity index is 1120. The molecule has 0 bridgehead atoms. The number of carbonyl (C=O) groups is 4. The number of alkyl carbamates (subject to hydrolysis) is 1. The summed E-state index contributed by atoms with van der Waals surface area (Å²) >= 11 is 6.33. The molecule has 0 aliphatic carbocycles. The van der Waals surface area contributed by atoms with E-state index in [0.717, 1.165) is 11.1 Å². The first-order chi connectivity index (χ1) is 17.2. The van der Waals surface area contributed by atoms with Crippen LogP contribution in [0.3, 0.4) is 0 Å². The molecule has 10 heteroatoms. The van der Waals surface area contributed by atoms with Crippen LogP contribution < -0.4 is 16.4 Å². The zero-order chi connectivity index (χ0) is 27.9. The van der Waals surface area contributed by atoms with E-state index >= 15 is 0 Å². The third kappa shape index (κ3) is 8.49. The van der Waals surface area contributed by atoms with Gasteiger partial charge in [-0.2, -0.15) is 0 Å². The Hall–Kier alpha value is -3.59. The van der Waals surface area contributed by atoms with Crippen molar-refractivity contribution in [3.8, 4) is 0 Å². The number of aryl methyl sites for hydroxylation is 2. The molecule has 0 saturated heterocycles. The number of nitrogens with two attached hydrogens (primary N) is 1. The Labute approximate surface area is 222 Å². The Balaban J connectivity index is 2.49. The van der Waals surface area contributed by atoms with E-state index in [4.69, 9.17) is 22.1 Å². The Morgan fingerprint density at radius 1 is 1.05 bits per heavy atom. The van der Waals surface area contributed by atoms with Crippen LogP contribution in [0.25, 0.3) is 0 Å². The lowest BCUT2D eigenvalue weighted by Crippen LogP contribution is -2.53. The van der Waals surface area contributed by atoms with Gasteiger partial charge in [0.1, 0.15) is 17.7 Å². The first-order valence-corrected chi connectivity index (χ1v) is 12.3. The fourth-order valence-corrected chi connectivity index (χ4v) is 3.99. The molecular weight excluding hydrogens is 496 g/mol. The average molecular weight is 531 g/mol. The third-order valence-electron chi connectivity index (χ3n) is 5.44. The van der Waals surface area contributed by atoms with E-state index in [2.05, 4.69) is 10.6 Å². The molecule has 37 heavy (non-hydrogen) atoms. The van der Waals surface area contributed by atoms with E-state index in [9.17, 15) is 19.2 Å². The predicted octanol–water partition coefficient (Wildman–Crippen LogP) is 4.25. The van der Waals surface area contributed by atoms with E-state index in [1.165, 1.54) is 4.90 Å². The summed E-state index contributed by atoms with van der Waals surface area (Å²) in [6, 6.07) is 9.95.